The van der Waals surface area contributed by atoms with E-state index in [9.17, 15) is 14.4 Å². The van der Waals surface area contributed by atoms with Gasteiger partial charge in [-0.15, -0.1) is 0 Å². The number of carbonyl (C=O) groups excluding carboxylic acids is 1. The van der Waals surface area contributed by atoms with Crippen molar-refractivity contribution in [2.24, 2.45) is 0 Å². The van der Waals surface area contributed by atoms with Crippen LogP contribution < -0.4 is 11.1 Å². The van der Waals surface area contributed by atoms with Crippen molar-refractivity contribution in [3.05, 3.63) is 85.2 Å². The quantitative estimate of drug-likeness (QED) is 0.486. The number of benzene rings is 1. The molecule has 140 valence electrons. The van der Waals surface area contributed by atoms with E-state index < -0.39 is 5.97 Å². The Hall–Kier alpha value is -3.33. The first kappa shape index (κ1) is 18.1. The van der Waals surface area contributed by atoms with E-state index >= 15 is 0 Å². The highest BCUT2D eigenvalue weighted by molar-refractivity contribution is 9.10. The summed E-state index contributed by atoms with van der Waals surface area (Å²) in [7, 11) is 0. The lowest BCUT2D eigenvalue weighted by Crippen LogP contribution is -2.18. The lowest BCUT2D eigenvalue weighted by Gasteiger charge is -2.07. The van der Waals surface area contributed by atoms with Crippen LogP contribution in [0.2, 0.25) is 0 Å². The molecule has 0 atom stereocenters. The van der Waals surface area contributed by atoms with Gasteiger partial charge in [-0.05, 0) is 34.1 Å². The van der Waals surface area contributed by atoms with Crippen LogP contribution in [0, 0.1) is 0 Å². The van der Waals surface area contributed by atoms with Crippen molar-refractivity contribution in [3.8, 4) is 0 Å². The third kappa shape index (κ3) is 3.56. The molecular formula is C19H13BrN4O4. The number of hydrogen-bond acceptors (Lipinski definition) is 6. The predicted octanol–water partition coefficient (Wildman–Crippen LogP) is 1.98. The number of aromatic nitrogens is 4. The second kappa shape index (κ2) is 7.35. The van der Waals surface area contributed by atoms with Crippen molar-refractivity contribution in [2.45, 2.75) is 13.0 Å². The Balaban J connectivity index is 1.52. The van der Waals surface area contributed by atoms with E-state index in [4.69, 9.17) is 4.74 Å². The molecule has 0 spiro atoms. The number of rotatable bonds is 4. The van der Waals surface area contributed by atoms with E-state index in [2.05, 4.69) is 31.1 Å². The number of esters is 1. The first-order valence-electron chi connectivity index (χ1n) is 8.31. The molecule has 0 radical (unpaired) electrons. The van der Waals surface area contributed by atoms with Crippen molar-refractivity contribution in [3.63, 3.8) is 0 Å². The molecule has 0 saturated carbocycles. The van der Waals surface area contributed by atoms with Gasteiger partial charge in [-0.1, -0.05) is 18.2 Å². The van der Waals surface area contributed by atoms with Crippen molar-refractivity contribution >= 4 is 38.3 Å². The largest absolute Gasteiger partial charge is 0.459 e. The standard InChI is InChI=1S/C19H13BrN4O4/c20-11-5-6-16-21-12(7-17(25)24(16)9-11)10-28-18(26)8-15-13-3-1-2-4-14(13)19(27)23-22-15/h1-7,9H,8,10H2,(H,23,27). The molecule has 3 aromatic heterocycles. The molecule has 3 heterocycles. The van der Waals surface area contributed by atoms with Crippen LogP contribution in [0.25, 0.3) is 16.4 Å². The van der Waals surface area contributed by atoms with Crippen LogP contribution in [0.4, 0.5) is 0 Å². The number of nitrogens with one attached hydrogen (secondary N) is 1. The van der Waals surface area contributed by atoms with Gasteiger partial charge in [0.05, 0.1) is 23.2 Å². The molecule has 0 unspecified atom stereocenters. The fourth-order valence-electron chi connectivity index (χ4n) is 2.85. The monoisotopic (exact) mass is 440 g/mol. The van der Waals surface area contributed by atoms with E-state index in [-0.39, 0.29) is 24.1 Å². The van der Waals surface area contributed by atoms with Gasteiger partial charge in [0.15, 0.2) is 0 Å². The minimum Gasteiger partial charge on any atom is -0.459 e. The summed E-state index contributed by atoms with van der Waals surface area (Å²) in [4.78, 5) is 40.5. The summed E-state index contributed by atoms with van der Waals surface area (Å²) in [5.41, 5.74) is 0.623. The Morgan fingerprint density at radius 1 is 1.14 bits per heavy atom. The van der Waals surface area contributed by atoms with E-state index in [1.165, 1.54) is 10.5 Å². The molecule has 0 aliphatic carbocycles. The highest BCUT2D eigenvalue weighted by atomic mass is 79.9. The molecule has 0 fully saturated rings. The summed E-state index contributed by atoms with van der Waals surface area (Å²) in [5, 5.41) is 7.38. The minimum absolute atomic E-state index is 0.114. The number of halogens is 1. The molecule has 0 aliphatic heterocycles. The Labute approximate surface area is 165 Å². The van der Waals surface area contributed by atoms with E-state index in [1.807, 2.05) is 0 Å². The predicted molar refractivity (Wildman–Crippen MR) is 105 cm³/mol. The maximum atomic E-state index is 12.2. The Morgan fingerprint density at radius 2 is 1.93 bits per heavy atom. The Morgan fingerprint density at radius 3 is 2.75 bits per heavy atom. The SMILES string of the molecule is O=C(Cc1n[nH]c(=O)c2ccccc12)OCc1cc(=O)n2cc(Br)ccc2n1. The third-order valence-electron chi connectivity index (χ3n) is 4.14. The summed E-state index contributed by atoms with van der Waals surface area (Å²) in [6, 6.07) is 11.7. The van der Waals surface area contributed by atoms with Crippen molar-refractivity contribution in [2.75, 3.05) is 0 Å². The second-order valence-corrected chi connectivity index (χ2v) is 6.96. The lowest BCUT2D eigenvalue weighted by atomic mass is 10.1. The number of aromatic amines is 1. The van der Waals surface area contributed by atoms with Gasteiger partial charge in [0.1, 0.15) is 12.3 Å². The minimum atomic E-state index is -0.539. The molecule has 1 aromatic carbocycles. The van der Waals surface area contributed by atoms with Crippen LogP contribution in [0.1, 0.15) is 11.4 Å². The van der Waals surface area contributed by atoms with Crippen LogP contribution >= 0.6 is 15.9 Å². The van der Waals surface area contributed by atoms with Crippen LogP contribution in [-0.2, 0) is 22.6 Å². The topological polar surface area (TPSA) is 106 Å². The zero-order valence-corrected chi connectivity index (χ0v) is 16.0. The first-order chi connectivity index (χ1) is 13.5. The maximum Gasteiger partial charge on any atom is 0.312 e. The van der Waals surface area contributed by atoms with Crippen LogP contribution in [0.3, 0.4) is 0 Å². The summed E-state index contributed by atoms with van der Waals surface area (Å²) in [6.07, 6.45) is 1.50. The van der Waals surface area contributed by atoms with Gasteiger partial charge in [-0.3, -0.25) is 18.8 Å². The Bertz CT molecular complexity index is 1330. The fraction of sp³-hybridized carbons (Fsp3) is 0.105. The second-order valence-electron chi connectivity index (χ2n) is 6.04. The molecule has 28 heavy (non-hydrogen) atoms. The number of nitrogens with zero attached hydrogens (tertiary/aromatic N) is 3. The summed E-state index contributed by atoms with van der Waals surface area (Å²) in [6.45, 7) is -0.137. The van der Waals surface area contributed by atoms with Crippen molar-refractivity contribution in [1.82, 2.24) is 19.6 Å². The smallest absolute Gasteiger partial charge is 0.312 e. The Kier molecular flexibility index (Phi) is 4.74. The summed E-state index contributed by atoms with van der Waals surface area (Å²) < 4.78 is 7.40. The number of ether oxygens (including phenoxy) is 1. The number of H-pyrrole nitrogens is 1. The first-order valence-corrected chi connectivity index (χ1v) is 9.10. The van der Waals surface area contributed by atoms with Crippen molar-refractivity contribution < 1.29 is 9.53 Å². The zero-order chi connectivity index (χ0) is 19.7. The molecule has 4 aromatic rings. The highest BCUT2D eigenvalue weighted by Crippen LogP contribution is 2.14. The molecule has 0 saturated heterocycles. The molecule has 1 N–H and O–H groups in total. The van der Waals surface area contributed by atoms with Gasteiger partial charge in [0, 0.05) is 22.1 Å². The number of hydrogen-bond donors (Lipinski definition) is 1. The van der Waals surface area contributed by atoms with E-state index in [0.29, 0.717) is 27.8 Å². The molecule has 0 amide bonds. The fourth-order valence-corrected chi connectivity index (χ4v) is 3.19. The molecule has 9 heteroatoms. The molecule has 0 aliphatic rings. The summed E-state index contributed by atoms with van der Waals surface area (Å²) in [5.74, 6) is -0.539. The van der Waals surface area contributed by atoms with Gasteiger partial charge >= 0.3 is 5.97 Å². The van der Waals surface area contributed by atoms with Gasteiger partial charge in [-0.2, -0.15) is 5.10 Å². The molecule has 4 rings (SSSR count). The average molecular weight is 441 g/mol. The maximum absolute atomic E-state index is 12.2. The normalized spacial score (nSPS) is 11.0. The zero-order valence-electron chi connectivity index (χ0n) is 14.4. The summed E-state index contributed by atoms with van der Waals surface area (Å²) >= 11 is 3.30. The average Bonchev–Trinajstić information content (AvgIpc) is 2.69. The molecule has 0 bridgehead atoms. The van der Waals surface area contributed by atoms with E-state index in [1.54, 1.807) is 42.6 Å². The van der Waals surface area contributed by atoms with Gasteiger partial charge in [-0.25, -0.2) is 10.1 Å². The van der Waals surface area contributed by atoms with Crippen LogP contribution in [0.15, 0.2) is 62.7 Å². The third-order valence-corrected chi connectivity index (χ3v) is 4.61. The number of fused-ring (bicyclic) bond motifs is 2. The van der Waals surface area contributed by atoms with Gasteiger partial charge < -0.3 is 4.74 Å². The lowest BCUT2D eigenvalue weighted by molar-refractivity contribution is -0.144. The molecular weight excluding hydrogens is 428 g/mol. The number of carbonyl (C=O) groups is 1. The highest BCUT2D eigenvalue weighted by Gasteiger charge is 2.13. The van der Waals surface area contributed by atoms with Gasteiger partial charge in [0.25, 0.3) is 11.1 Å². The van der Waals surface area contributed by atoms with Crippen LogP contribution in [-0.4, -0.2) is 25.6 Å². The van der Waals surface area contributed by atoms with Gasteiger partial charge in [0.2, 0.25) is 0 Å². The van der Waals surface area contributed by atoms with E-state index in [0.717, 1.165) is 4.47 Å². The molecule has 8 nitrogen and oxygen atoms in total. The van der Waals surface area contributed by atoms with Crippen LogP contribution in [0.5, 0.6) is 0 Å². The van der Waals surface area contributed by atoms with Crippen molar-refractivity contribution in [1.29, 1.82) is 0 Å². The number of pyridine rings is 1.